The number of benzene rings is 2. The number of thiazole rings is 2. The zero-order valence-corrected chi connectivity index (χ0v) is 57.3. The summed E-state index contributed by atoms with van der Waals surface area (Å²) in [4.78, 5) is 175. The number of phenols is 4. The molecule has 6 aliphatic rings. The van der Waals surface area contributed by atoms with Crippen LogP contribution in [0.2, 0.25) is 10.0 Å². The standard InChI is InChI=1S/C28H29ClN8O11S3.C27H26ClN5O11S3/c1-27(2,23(43)44)48-35-18(13-8-49-26(31)32-13)15(39)5-12-20(41)37-9-28(24(45)46,51-22(12)37)50-10-6-36(7-10)21(42)17(33-34-25(30)47)11-3-4-14(38)19(40)16(11)29;1-26(2,23(40)41)44-31-17(13-8-45-25(29)30-13)15(35)5-12-20(38)33-9-27(24(42)43,47-22(12)33)46-10-6-32(7-10)21(39)18(36)11-3-4-14(34)19(37)16(11)28/h3-4,8,10,12,22,38,40H,5-7,9H2,1-2H3,(H2,31,32)(H,43,44)(H,45,46)(H3,30,34,47);3-4,8,10,12,22,34,37H,5-7,9H2,1-2H3,(H2,29,30)(H,40,41)(H,42,43)/b33-17?,35-18-;31-17-/t12-,22-,28-;12-,22-,27-/m11/s1. The predicted octanol–water partition coefficient (Wildman–Crippen LogP) is 2.13. The maximum atomic E-state index is 13.5. The van der Waals surface area contributed by atoms with E-state index in [0.717, 1.165) is 87.9 Å². The Morgan fingerprint density at radius 3 is 1.39 bits per heavy atom. The second-order valence-corrected chi connectivity index (χ2v) is 32.2. The Labute approximate surface area is 586 Å². The van der Waals surface area contributed by atoms with Gasteiger partial charge in [-0.15, -0.1) is 69.7 Å². The molecular weight excluding hydrogens is 1460 g/mol. The fourth-order valence-electron chi connectivity index (χ4n) is 9.94. The molecule has 6 atom stereocenters. The van der Waals surface area contributed by atoms with Gasteiger partial charge in [0.15, 0.2) is 70.1 Å². The van der Waals surface area contributed by atoms with Crippen LogP contribution >= 0.6 is 92.9 Å². The number of carboxylic acid groups (broad SMARTS) is 4. The summed E-state index contributed by atoms with van der Waals surface area (Å²) in [5, 5.41) is 89.6. The van der Waals surface area contributed by atoms with Gasteiger partial charge in [-0.2, -0.15) is 5.10 Å². The van der Waals surface area contributed by atoms with E-state index in [2.05, 4.69) is 25.4 Å². The zero-order valence-electron chi connectivity index (χ0n) is 50.8. The summed E-state index contributed by atoms with van der Waals surface area (Å²) < 4.78 is -3.08. The molecule has 15 N–H and O–H groups in total. The van der Waals surface area contributed by atoms with Crippen molar-refractivity contribution >= 4 is 191 Å². The number of anilines is 2. The van der Waals surface area contributed by atoms with Gasteiger partial charge in [-0.1, -0.05) is 33.5 Å². The number of ketones is 3. The number of carbonyl (C=O) groups is 12. The van der Waals surface area contributed by atoms with Crippen molar-refractivity contribution in [2.24, 2.45) is 33.0 Å². The van der Waals surface area contributed by atoms with E-state index in [1.807, 2.05) is 5.43 Å². The number of nitrogens with zero attached hydrogens (tertiary/aromatic N) is 9. The number of nitrogens with one attached hydrogen (secondary N) is 1. The molecule has 6 fully saturated rings. The number of hydrogen-bond acceptors (Lipinski definition) is 31. The highest BCUT2D eigenvalue weighted by Crippen LogP contribution is 2.59. The number of β-lactam (4-membered cyclic amide) rings is 2. The lowest BCUT2D eigenvalue weighted by atomic mass is 9.90. The number of likely N-dealkylation sites (tertiary alicyclic amines) is 2. The number of primary amides is 1. The van der Waals surface area contributed by atoms with Crippen molar-refractivity contribution in [3.05, 3.63) is 67.6 Å². The second kappa shape index (κ2) is 28.2. The Morgan fingerprint density at radius 1 is 0.633 bits per heavy atom. The summed E-state index contributed by atoms with van der Waals surface area (Å²) in [5.41, 5.74) is 13.4. The highest BCUT2D eigenvalue weighted by atomic mass is 35.5. The molecule has 0 radical (unpaired) electrons. The maximum Gasteiger partial charge on any atom is 0.350 e. The number of carboxylic acids is 4. The normalized spacial score (nSPS) is 22.4. The minimum Gasteiger partial charge on any atom is -0.504 e. The number of urea groups is 1. The van der Waals surface area contributed by atoms with Crippen LogP contribution in [0.25, 0.3) is 0 Å². The van der Waals surface area contributed by atoms with Gasteiger partial charge in [0, 0.05) is 65.8 Å². The molecule has 0 bridgehead atoms. The number of carbonyl (C=O) groups excluding carboxylic acids is 8. The first-order valence-electron chi connectivity index (χ1n) is 28.2. The summed E-state index contributed by atoms with van der Waals surface area (Å²) in [6.45, 7) is 4.66. The molecule has 6 amide bonds. The first-order valence-corrected chi connectivity index (χ1v) is 34.3. The third-order valence-corrected chi connectivity index (χ3v) is 24.4. The molecule has 2 aromatic carbocycles. The van der Waals surface area contributed by atoms with Crippen molar-refractivity contribution in [2.45, 2.75) is 81.1 Å². The number of Topliss-reactive ketones (excluding diaryl/α,β-unsaturated/α-hetero) is 3. The lowest BCUT2D eigenvalue weighted by molar-refractivity contribution is -0.161. The van der Waals surface area contributed by atoms with E-state index in [-0.39, 0.29) is 89.9 Å². The molecule has 6 saturated heterocycles. The van der Waals surface area contributed by atoms with Crippen LogP contribution in [0.4, 0.5) is 15.1 Å². The van der Waals surface area contributed by atoms with Gasteiger partial charge in [-0.3, -0.25) is 33.6 Å². The molecule has 35 nitrogen and oxygen atoms in total. The molecule has 0 unspecified atom stereocenters. The van der Waals surface area contributed by atoms with E-state index >= 15 is 0 Å². The van der Waals surface area contributed by atoms with E-state index in [4.69, 9.17) is 50.1 Å². The van der Waals surface area contributed by atoms with E-state index in [1.165, 1.54) is 64.1 Å². The number of nitrogen functional groups attached to an aromatic ring is 2. The van der Waals surface area contributed by atoms with Crippen molar-refractivity contribution in [1.29, 1.82) is 0 Å². The molecule has 0 spiro atoms. The number of aromatic nitrogens is 2. The number of nitrogens with two attached hydrogens (primary N) is 3. The van der Waals surface area contributed by atoms with Crippen LogP contribution in [0.1, 0.15) is 67.8 Å². The first kappa shape index (κ1) is 73.4. The number of aromatic hydroxyl groups is 4. The Bertz CT molecular complexity index is 4160. The van der Waals surface area contributed by atoms with Crippen molar-refractivity contribution in [2.75, 3.05) is 50.7 Å². The molecule has 522 valence electrons. The number of aliphatic carboxylic acids is 4. The van der Waals surface area contributed by atoms with Crippen molar-refractivity contribution < 1.29 is 108 Å². The number of thioether (sulfide) groups is 4. The number of amides is 6. The molecule has 0 saturated carbocycles. The van der Waals surface area contributed by atoms with E-state index in [0.29, 0.717) is 0 Å². The van der Waals surface area contributed by atoms with E-state index in [1.54, 1.807) is 0 Å². The molecule has 98 heavy (non-hydrogen) atoms. The molecule has 0 aliphatic carbocycles. The minimum atomic E-state index is -1.80. The quantitative estimate of drug-likeness (QED) is 0.0113. The summed E-state index contributed by atoms with van der Waals surface area (Å²) >= 11 is 18.1. The van der Waals surface area contributed by atoms with Crippen LogP contribution in [0.3, 0.4) is 0 Å². The molecule has 43 heteroatoms. The Morgan fingerprint density at radius 2 is 1.02 bits per heavy atom. The molecule has 2 aromatic heterocycles. The first-order chi connectivity index (χ1) is 45.8. The number of phenolic OH excluding ortho intramolecular Hbond substituents is 4. The van der Waals surface area contributed by atoms with Crippen LogP contribution in [-0.4, -0.2) is 238 Å². The summed E-state index contributed by atoms with van der Waals surface area (Å²) in [6.07, 6.45) is -0.785. The monoisotopic (exact) mass is 1510 g/mol. The Hall–Kier alpha value is -8.87. The van der Waals surface area contributed by atoms with Gasteiger partial charge in [-0.25, -0.2) is 39.4 Å². The SMILES string of the molecule is CC(C)(O/N=C(\C(=O)C[C@@H]1C(=O)N2C[C@](SC3CN(C(=O)C(=NNC(N)=O)c4ccc(O)c(O)c4Cl)C3)(C(=O)O)S[C@H]12)c1csc(N)n1)C(=O)O.CC(C)(O/N=C(\C(=O)C[C@@H]1C(=O)N2C[C@](SC3CN(C(=O)C(=O)c4ccc(O)c(O)c4Cl)C3)(C(=O)O)S[C@H]12)c1csc(N)n1)C(=O)O. The van der Waals surface area contributed by atoms with E-state index < -0.39 is 169 Å². The van der Waals surface area contributed by atoms with Crippen molar-refractivity contribution in [1.82, 2.24) is 35.0 Å². The smallest absolute Gasteiger partial charge is 0.350 e. The van der Waals surface area contributed by atoms with Crippen molar-refractivity contribution in [3.8, 4) is 23.0 Å². The van der Waals surface area contributed by atoms with Gasteiger partial charge in [-0.05, 0) is 52.0 Å². The van der Waals surface area contributed by atoms with Crippen LogP contribution in [0.15, 0.2) is 50.4 Å². The van der Waals surface area contributed by atoms with E-state index in [9.17, 15) is 98.4 Å². The van der Waals surface area contributed by atoms with Gasteiger partial charge in [0.1, 0.15) is 11.4 Å². The van der Waals surface area contributed by atoms with Gasteiger partial charge in [0.25, 0.3) is 17.6 Å². The van der Waals surface area contributed by atoms with Gasteiger partial charge >= 0.3 is 29.9 Å². The van der Waals surface area contributed by atoms with Crippen LogP contribution in [0.5, 0.6) is 23.0 Å². The number of rotatable bonds is 25. The van der Waals surface area contributed by atoms with Crippen LogP contribution in [0, 0.1) is 11.8 Å². The number of fused-ring (bicyclic) bond motifs is 2. The fraction of sp³-hybridized carbons (Fsp3) is 0.400. The largest absolute Gasteiger partial charge is 0.504 e. The van der Waals surface area contributed by atoms with Gasteiger partial charge < -0.3 is 87.3 Å². The fourth-order valence-corrected chi connectivity index (χ4v) is 18.9. The third kappa shape index (κ3) is 14.6. The van der Waals surface area contributed by atoms with Gasteiger partial charge in [0.2, 0.25) is 23.0 Å². The van der Waals surface area contributed by atoms with Crippen LogP contribution < -0.4 is 22.6 Å². The van der Waals surface area contributed by atoms with Crippen LogP contribution in [-0.2, 0) is 57.6 Å². The molecule has 8 heterocycles. The predicted molar refractivity (Wildman–Crippen MR) is 354 cm³/mol. The number of oxime groups is 2. The van der Waals surface area contributed by atoms with Crippen molar-refractivity contribution in [3.63, 3.8) is 0 Å². The Balaban J connectivity index is 0.000000230. The molecule has 4 aromatic rings. The average Bonchev–Trinajstić information content (AvgIpc) is 1.58. The lowest BCUT2D eigenvalue weighted by Crippen LogP contribution is -2.58. The molecular formula is C55H55Cl2N13O22S6. The minimum absolute atomic E-state index is 0.0222. The topological polar surface area (TPSA) is 551 Å². The number of hydrazone groups is 1. The highest BCUT2D eigenvalue weighted by molar-refractivity contribution is 8.20. The number of halogens is 2. The highest BCUT2D eigenvalue weighted by Gasteiger charge is 2.65. The summed E-state index contributed by atoms with van der Waals surface area (Å²) in [6, 6.07) is 3.29. The zero-order chi connectivity index (χ0) is 72.2. The Kier molecular flexibility index (Phi) is 21.1. The summed E-state index contributed by atoms with van der Waals surface area (Å²) in [7, 11) is 0. The molecule has 6 aliphatic heterocycles. The van der Waals surface area contributed by atoms with Gasteiger partial charge in [0.05, 0.1) is 51.3 Å². The number of hydrogen-bond donors (Lipinski definition) is 12. The maximum absolute atomic E-state index is 13.5. The lowest BCUT2D eigenvalue weighted by Gasteiger charge is -2.41. The molecule has 10 rings (SSSR count). The summed E-state index contributed by atoms with van der Waals surface area (Å²) in [5.74, 6) is -14.5. The third-order valence-electron chi connectivity index (χ3n) is 15.5. The second-order valence-electron chi connectivity index (χ2n) is 23.1. The average molecular weight is 1510 g/mol.